The van der Waals surface area contributed by atoms with Crippen molar-refractivity contribution in [2.45, 2.75) is 5.75 Å². The number of carbonyl (C=O) groups excluding carboxylic acids is 1. The van der Waals surface area contributed by atoms with Gasteiger partial charge >= 0.3 is 0 Å². The fourth-order valence-corrected chi connectivity index (χ4v) is 3.06. The van der Waals surface area contributed by atoms with Crippen molar-refractivity contribution in [1.29, 1.82) is 0 Å². The highest BCUT2D eigenvalue weighted by atomic mass is 79.9. The highest BCUT2D eigenvalue weighted by molar-refractivity contribution is 9.10. The van der Waals surface area contributed by atoms with Crippen molar-refractivity contribution in [3.8, 4) is 0 Å². The molecule has 114 valence electrons. The number of halogens is 2. The smallest absolute Gasteiger partial charge is 0.250 e. The lowest BCUT2D eigenvalue weighted by Gasteiger charge is -2.03. The van der Waals surface area contributed by atoms with Crippen LogP contribution in [-0.2, 0) is 10.5 Å². The van der Waals surface area contributed by atoms with Crippen LogP contribution in [0, 0.1) is 5.82 Å². The van der Waals surface area contributed by atoms with Crippen molar-refractivity contribution < 1.29 is 9.18 Å². The zero-order valence-corrected chi connectivity index (χ0v) is 14.0. The first-order valence-corrected chi connectivity index (χ1v) is 8.48. The van der Waals surface area contributed by atoms with Gasteiger partial charge in [0.05, 0.1) is 12.0 Å². The number of hydrogen-bond donors (Lipinski definition) is 1. The van der Waals surface area contributed by atoms with Crippen molar-refractivity contribution in [3.63, 3.8) is 0 Å². The molecule has 22 heavy (non-hydrogen) atoms. The van der Waals surface area contributed by atoms with Gasteiger partial charge in [-0.3, -0.25) is 4.79 Å². The summed E-state index contributed by atoms with van der Waals surface area (Å²) in [6.07, 6.45) is 1.48. The van der Waals surface area contributed by atoms with E-state index in [1.54, 1.807) is 12.1 Å². The maximum absolute atomic E-state index is 12.7. The molecule has 0 atom stereocenters. The van der Waals surface area contributed by atoms with E-state index in [0.717, 1.165) is 21.4 Å². The van der Waals surface area contributed by atoms with Crippen LogP contribution in [0.3, 0.4) is 0 Å². The summed E-state index contributed by atoms with van der Waals surface area (Å²) in [4.78, 5) is 11.6. The third-order valence-corrected chi connectivity index (χ3v) is 4.48. The largest absolute Gasteiger partial charge is 0.272 e. The zero-order valence-electron chi connectivity index (χ0n) is 11.6. The second-order valence-corrected chi connectivity index (χ2v) is 6.27. The zero-order chi connectivity index (χ0) is 15.8. The molecule has 0 fully saturated rings. The van der Waals surface area contributed by atoms with Gasteiger partial charge in [-0.2, -0.15) is 5.10 Å². The highest BCUT2D eigenvalue weighted by Gasteiger charge is 2.02. The van der Waals surface area contributed by atoms with Crippen molar-refractivity contribution >= 4 is 39.8 Å². The molecule has 3 nitrogen and oxygen atoms in total. The Morgan fingerprint density at radius 3 is 2.68 bits per heavy atom. The number of nitrogens with zero attached hydrogens (tertiary/aromatic N) is 1. The number of hydrogen-bond acceptors (Lipinski definition) is 3. The topological polar surface area (TPSA) is 41.5 Å². The van der Waals surface area contributed by atoms with Gasteiger partial charge in [-0.15, -0.1) is 11.8 Å². The van der Waals surface area contributed by atoms with E-state index in [-0.39, 0.29) is 11.7 Å². The Bertz CT molecular complexity index is 661. The molecule has 0 aliphatic rings. The Morgan fingerprint density at radius 1 is 1.23 bits per heavy atom. The van der Waals surface area contributed by atoms with Crippen molar-refractivity contribution in [2.75, 3.05) is 5.75 Å². The summed E-state index contributed by atoms with van der Waals surface area (Å²) in [7, 11) is 0. The molecule has 0 saturated heterocycles. The van der Waals surface area contributed by atoms with Crippen LogP contribution >= 0.6 is 27.7 Å². The van der Waals surface area contributed by atoms with E-state index in [9.17, 15) is 9.18 Å². The molecule has 2 aromatic rings. The van der Waals surface area contributed by atoms with Crippen LogP contribution in [-0.4, -0.2) is 17.9 Å². The second kappa shape index (κ2) is 8.70. The molecular formula is C16H14BrFN2OS. The molecule has 1 N–H and O–H groups in total. The molecular weight excluding hydrogens is 367 g/mol. The Hall–Kier alpha value is -1.66. The lowest BCUT2D eigenvalue weighted by atomic mass is 10.2. The first-order chi connectivity index (χ1) is 10.6. The lowest BCUT2D eigenvalue weighted by molar-refractivity contribution is -0.118. The summed E-state index contributed by atoms with van der Waals surface area (Å²) in [5.41, 5.74) is 4.32. The SMILES string of the molecule is O=C(CSCc1ccccc1Br)N/N=C\c1ccc(F)cc1. The predicted molar refractivity (Wildman–Crippen MR) is 92.4 cm³/mol. The highest BCUT2D eigenvalue weighted by Crippen LogP contribution is 2.20. The average Bonchev–Trinajstić information content (AvgIpc) is 2.51. The van der Waals surface area contributed by atoms with Crippen molar-refractivity contribution in [2.24, 2.45) is 5.10 Å². The van der Waals surface area contributed by atoms with E-state index in [1.807, 2.05) is 24.3 Å². The molecule has 0 radical (unpaired) electrons. The van der Waals surface area contributed by atoms with Crippen LogP contribution in [0.25, 0.3) is 0 Å². The molecule has 0 saturated carbocycles. The Morgan fingerprint density at radius 2 is 1.95 bits per heavy atom. The molecule has 0 spiro atoms. The molecule has 0 aliphatic heterocycles. The summed E-state index contributed by atoms with van der Waals surface area (Å²) < 4.78 is 13.8. The number of rotatable bonds is 6. The van der Waals surface area contributed by atoms with E-state index < -0.39 is 0 Å². The van der Waals surface area contributed by atoms with Gasteiger partial charge in [-0.05, 0) is 29.3 Å². The Balaban J connectivity index is 1.72. The fraction of sp³-hybridized carbons (Fsp3) is 0.125. The standard InChI is InChI=1S/C16H14BrFN2OS/c17-15-4-2-1-3-13(15)10-22-11-16(21)20-19-9-12-5-7-14(18)8-6-12/h1-9H,10-11H2,(H,20,21)/b19-9-. The van der Waals surface area contributed by atoms with Gasteiger partial charge in [-0.25, -0.2) is 9.82 Å². The van der Waals surface area contributed by atoms with E-state index in [4.69, 9.17) is 0 Å². The van der Waals surface area contributed by atoms with E-state index in [2.05, 4.69) is 26.5 Å². The van der Waals surface area contributed by atoms with Gasteiger partial charge < -0.3 is 0 Å². The quantitative estimate of drug-likeness (QED) is 0.608. The normalized spacial score (nSPS) is 10.8. The monoisotopic (exact) mass is 380 g/mol. The fourth-order valence-electron chi connectivity index (χ4n) is 1.63. The predicted octanol–water partition coefficient (Wildman–Crippen LogP) is 3.97. The summed E-state index contributed by atoms with van der Waals surface area (Å²) >= 11 is 4.98. The molecule has 2 rings (SSSR count). The van der Waals surface area contributed by atoms with Crippen molar-refractivity contribution in [3.05, 3.63) is 69.9 Å². The van der Waals surface area contributed by atoms with Crippen LogP contribution in [0.2, 0.25) is 0 Å². The van der Waals surface area contributed by atoms with Crippen LogP contribution in [0.15, 0.2) is 58.1 Å². The number of nitrogens with one attached hydrogen (secondary N) is 1. The van der Waals surface area contributed by atoms with Crippen LogP contribution in [0.5, 0.6) is 0 Å². The molecule has 1 amide bonds. The second-order valence-electron chi connectivity index (χ2n) is 4.43. The molecule has 0 aromatic heterocycles. The Kier molecular flexibility index (Phi) is 6.61. The van der Waals surface area contributed by atoms with Gasteiger partial charge in [0, 0.05) is 10.2 Å². The minimum atomic E-state index is -0.301. The number of carbonyl (C=O) groups is 1. The summed E-state index contributed by atoms with van der Waals surface area (Å²) in [6.45, 7) is 0. The summed E-state index contributed by atoms with van der Waals surface area (Å²) in [6, 6.07) is 13.8. The third kappa shape index (κ3) is 5.61. The van der Waals surface area contributed by atoms with Crippen LogP contribution in [0.1, 0.15) is 11.1 Å². The summed E-state index contributed by atoms with van der Waals surface area (Å²) in [5.74, 6) is 0.596. The van der Waals surface area contributed by atoms with Crippen LogP contribution in [0.4, 0.5) is 4.39 Å². The lowest BCUT2D eigenvalue weighted by Crippen LogP contribution is -2.19. The first-order valence-electron chi connectivity index (χ1n) is 6.54. The van der Waals surface area contributed by atoms with E-state index in [1.165, 1.54) is 30.1 Å². The number of amides is 1. The van der Waals surface area contributed by atoms with Gasteiger partial charge in [0.1, 0.15) is 5.82 Å². The molecule has 0 bridgehead atoms. The third-order valence-electron chi connectivity index (χ3n) is 2.72. The minimum Gasteiger partial charge on any atom is -0.272 e. The first kappa shape index (κ1) is 16.7. The molecule has 0 unspecified atom stereocenters. The molecule has 6 heteroatoms. The number of benzene rings is 2. The number of hydrazone groups is 1. The van der Waals surface area contributed by atoms with Crippen LogP contribution < -0.4 is 5.43 Å². The maximum atomic E-state index is 12.7. The van der Waals surface area contributed by atoms with E-state index >= 15 is 0 Å². The Labute approximate surface area is 141 Å². The van der Waals surface area contributed by atoms with Gasteiger partial charge in [-0.1, -0.05) is 46.3 Å². The van der Waals surface area contributed by atoms with Crippen molar-refractivity contribution in [1.82, 2.24) is 5.43 Å². The summed E-state index contributed by atoms with van der Waals surface area (Å²) in [5, 5.41) is 3.84. The van der Waals surface area contributed by atoms with Gasteiger partial charge in [0.15, 0.2) is 0 Å². The average molecular weight is 381 g/mol. The van der Waals surface area contributed by atoms with E-state index in [0.29, 0.717) is 5.75 Å². The molecule has 0 aliphatic carbocycles. The minimum absolute atomic E-state index is 0.171. The van der Waals surface area contributed by atoms with Gasteiger partial charge in [0.25, 0.3) is 0 Å². The number of thioether (sulfide) groups is 1. The van der Waals surface area contributed by atoms with Gasteiger partial charge in [0.2, 0.25) is 5.91 Å². The molecule has 2 aromatic carbocycles. The molecule has 0 heterocycles. The maximum Gasteiger partial charge on any atom is 0.250 e.